The van der Waals surface area contributed by atoms with Gasteiger partial charge in [-0.25, -0.2) is 4.39 Å². The van der Waals surface area contributed by atoms with Gasteiger partial charge in [0.1, 0.15) is 5.82 Å². The number of aryl methyl sites for hydroxylation is 2. The summed E-state index contributed by atoms with van der Waals surface area (Å²) >= 11 is 0. The molecule has 3 aromatic rings. The molecule has 0 N–H and O–H groups in total. The molecular weight excluding hydrogens is 433 g/mol. The van der Waals surface area contributed by atoms with Crippen LogP contribution in [-0.2, 0) is 13.0 Å². The van der Waals surface area contributed by atoms with Crippen LogP contribution in [0.3, 0.4) is 0 Å². The molecule has 2 heterocycles. The largest absolute Gasteiger partial charge is 0.350 e. The van der Waals surface area contributed by atoms with Crippen LogP contribution in [0.2, 0.25) is 0 Å². The summed E-state index contributed by atoms with van der Waals surface area (Å²) in [6.07, 6.45) is 22.2. The fourth-order valence-corrected chi connectivity index (χ4v) is 4.76. The highest BCUT2D eigenvalue weighted by molar-refractivity contribution is 5.85. The molecule has 4 rings (SSSR count). The summed E-state index contributed by atoms with van der Waals surface area (Å²) in [5.41, 5.74) is 8.06. The quantitative estimate of drug-likeness (QED) is 0.309. The van der Waals surface area contributed by atoms with Crippen molar-refractivity contribution in [2.75, 3.05) is 20.6 Å². The van der Waals surface area contributed by atoms with Gasteiger partial charge in [0.05, 0.1) is 0 Å². The van der Waals surface area contributed by atoms with E-state index >= 15 is 0 Å². The van der Waals surface area contributed by atoms with E-state index < -0.39 is 0 Å². The number of benzene rings is 1. The number of hydrogen-bond acceptors (Lipinski definition) is 2. The third-order valence-corrected chi connectivity index (χ3v) is 6.58. The number of rotatable bonds is 10. The van der Waals surface area contributed by atoms with Crippen LogP contribution in [0.1, 0.15) is 36.9 Å². The number of allylic oxidation sites excluding steroid dienone is 6. The van der Waals surface area contributed by atoms with Crippen molar-refractivity contribution in [3.05, 3.63) is 102 Å². The summed E-state index contributed by atoms with van der Waals surface area (Å²) in [4.78, 5) is 6.49. The molecule has 4 heteroatoms. The van der Waals surface area contributed by atoms with Crippen molar-refractivity contribution >= 4 is 0 Å². The van der Waals surface area contributed by atoms with Crippen LogP contribution in [0.15, 0.2) is 84.9 Å². The Balaban J connectivity index is 1.73. The van der Waals surface area contributed by atoms with E-state index in [1.807, 2.05) is 31.5 Å². The van der Waals surface area contributed by atoms with Gasteiger partial charge in [-0.3, -0.25) is 4.98 Å². The van der Waals surface area contributed by atoms with Gasteiger partial charge in [0.2, 0.25) is 0 Å². The molecule has 3 nitrogen and oxygen atoms in total. The Morgan fingerprint density at radius 3 is 2.60 bits per heavy atom. The first-order chi connectivity index (χ1) is 17.0. The second kappa shape index (κ2) is 11.9. The van der Waals surface area contributed by atoms with Gasteiger partial charge in [0, 0.05) is 42.0 Å². The van der Waals surface area contributed by atoms with Crippen molar-refractivity contribution in [3.8, 4) is 22.3 Å². The summed E-state index contributed by atoms with van der Waals surface area (Å²) in [6, 6.07) is 9.64. The van der Waals surface area contributed by atoms with Gasteiger partial charge in [0.15, 0.2) is 0 Å². The maximum Gasteiger partial charge on any atom is 0.126 e. The lowest BCUT2D eigenvalue weighted by Gasteiger charge is -2.14. The number of halogens is 1. The molecule has 1 aromatic carbocycles. The van der Waals surface area contributed by atoms with E-state index in [1.54, 1.807) is 6.07 Å². The van der Waals surface area contributed by atoms with Crippen LogP contribution in [0.5, 0.6) is 0 Å². The van der Waals surface area contributed by atoms with Crippen LogP contribution in [0.4, 0.5) is 4.39 Å². The van der Waals surface area contributed by atoms with Gasteiger partial charge in [-0.1, -0.05) is 42.0 Å². The number of pyridine rings is 1. The van der Waals surface area contributed by atoms with Gasteiger partial charge >= 0.3 is 0 Å². The van der Waals surface area contributed by atoms with Crippen LogP contribution in [-0.4, -0.2) is 35.1 Å². The molecule has 0 aliphatic heterocycles. The fraction of sp³-hybridized carbons (Fsp3) is 0.323. The molecule has 0 saturated carbocycles. The van der Waals surface area contributed by atoms with Crippen molar-refractivity contribution in [1.29, 1.82) is 0 Å². The van der Waals surface area contributed by atoms with E-state index in [1.165, 1.54) is 16.8 Å². The second-order valence-electron chi connectivity index (χ2n) is 9.57. The van der Waals surface area contributed by atoms with Gasteiger partial charge in [0.25, 0.3) is 0 Å². The third-order valence-electron chi connectivity index (χ3n) is 6.58. The highest BCUT2D eigenvalue weighted by atomic mass is 19.1. The number of aromatic nitrogens is 2. The van der Waals surface area contributed by atoms with Gasteiger partial charge in [-0.05, 0) is 101 Å². The minimum atomic E-state index is -0.163. The molecule has 0 saturated heterocycles. The van der Waals surface area contributed by atoms with Crippen LogP contribution < -0.4 is 0 Å². The first-order valence-electron chi connectivity index (χ1n) is 12.6. The van der Waals surface area contributed by atoms with Crippen molar-refractivity contribution in [3.63, 3.8) is 0 Å². The molecule has 0 atom stereocenters. The molecule has 0 radical (unpaired) electrons. The molecule has 2 aromatic heterocycles. The summed E-state index contributed by atoms with van der Waals surface area (Å²) in [5, 5.41) is 0. The first-order valence-corrected chi connectivity index (χ1v) is 12.6. The van der Waals surface area contributed by atoms with Crippen molar-refractivity contribution < 1.29 is 4.39 Å². The third kappa shape index (κ3) is 6.46. The van der Waals surface area contributed by atoms with Gasteiger partial charge < -0.3 is 9.47 Å². The Hall–Kier alpha value is -3.24. The molecule has 0 fully saturated rings. The van der Waals surface area contributed by atoms with Gasteiger partial charge in [-0.2, -0.15) is 0 Å². The SMILES string of the molecule is Cc1cc(-c2cn(CCCN(C)C)c(CCCC3=CCC=CC=C3)c2-c2ccncc2)ccc1F. The van der Waals surface area contributed by atoms with Crippen LogP contribution in [0, 0.1) is 12.7 Å². The Bertz CT molecular complexity index is 1220. The summed E-state index contributed by atoms with van der Waals surface area (Å²) in [5.74, 6) is -0.163. The standard InChI is InChI=1S/C31H36FN3/c1-24-22-27(14-15-29(24)32)28-23-35(21-9-20-34(2)3)30(31(28)26-16-18-33-19-17-26)13-8-12-25-10-6-4-5-7-11-25/h4-6,10-11,14-19,22-23H,7-9,12-13,20-21H2,1-3H3. The molecule has 182 valence electrons. The predicted molar refractivity (Wildman–Crippen MR) is 145 cm³/mol. The van der Waals surface area contributed by atoms with E-state index in [0.717, 1.165) is 61.9 Å². The highest BCUT2D eigenvalue weighted by Crippen LogP contribution is 2.38. The summed E-state index contributed by atoms with van der Waals surface area (Å²) < 4.78 is 16.5. The topological polar surface area (TPSA) is 21.1 Å². The van der Waals surface area contributed by atoms with E-state index in [9.17, 15) is 4.39 Å². The Morgan fingerprint density at radius 2 is 1.83 bits per heavy atom. The number of hydrogen-bond donors (Lipinski definition) is 0. The van der Waals surface area contributed by atoms with E-state index in [-0.39, 0.29) is 5.82 Å². The maximum absolute atomic E-state index is 14.1. The average molecular weight is 470 g/mol. The molecule has 0 spiro atoms. The van der Waals surface area contributed by atoms with Crippen LogP contribution in [0.25, 0.3) is 22.3 Å². The van der Waals surface area contributed by atoms with E-state index in [2.05, 4.69) is 77.3 Å². The zero-order chi connectivity index (χ0) is 24.6. The lowest BCUT2D eigenvalue weighted by Crippen LogP contribution is -2.15. The lowest BCUT2D eigenvalue weighted by molar-refractivity contribution is 0.385. The molecule has 1 aliphatic carbocycles. The number of nitrogens with zero attached hydrogens (tertiary/aromatic N) is 3. The van der Waals surface area contributed by atoms with E-state index in [0.29, 0.717) is 5.56 Å². The summed E-state index contributed by atoms with van der Waals surface area (Å²) in [7, 11) is 4.24. The van der Waals surface area contributed by atoms with E-state index in [4.69, 9.17) is 0 Å². The van der Waals surface area contributed by atoms with Crippen molar-refractivity contribution in [1.82, 2.24) is 14.5 Å². The normalized spacial score (nSPS) is 13.3. The molecule has 0 bridgehead atoms. The fourth-order valence-electron chi connectivity index (χ4n) is 4.76. The maximum atomic E-state index is 14.1. The Kier molecular flexibility index (Phi) is 8.49. The Morgan fingerprint density at radius 1 is 1.00 bits per heavy atom. The molecular formula is C31H36FN3. The lowest BCUT2D eigenvalue weighted by atomic mass is 9.94. The molecule has 1 aliphatic rings. The zero-order valence-electron chi connectivity index (χ0n) is 21.2. The minimum Gasteiger partial charge on any atom is -0.350 e. The zero-order valence-corrected chi connectivity index (χ0v) is 21.2. The van der Waals surface area contributed by atoms with Crippen molar-refractivity contribution in [2.45, 2.75) is 45.6 Å². The van der Waals surface area contributed by atoms with Crippen molar-refractivity contribution in [2.24, 2.45) is 0 Å². The molecule has 35 heavy (non-hydrogen) atoms. The predicted octanol–water partition coefficient (Wildman–Crippen LogP) is 7.38. The minimum absolute atomic E-state index is 0.163. The Labute approximate surface area is 209 Å². The molecule has 0 unspecified atom stereocenters. The summed E-state index contributed by atoms with van der Waals surface area (Å²) in [6.45, 7) is 3.83. The van der Waals surface area contributed by atoms with Crippen LogP contribution >= 0.6 is 0 Å². The molecule has 0 amide bonds. The second-order valence-corrected chi connectivity index (χ2v) is 9.57. The van der Waals surface area contributed by atoms with Gasteiger partial charge in [-0.15, -0.1) is 0 Å². The average Bonchev–Trinajstić information content (AvgIpc) is 3.01. The smallest absolute Gasteiger partial charge is 0.126 e. The first kappa shape index (κ1) is 24.9. The highest BCUT2D eigenvalue weighted by Gasteiger charge is 2.19. The monoisotopic (exact) mass is 469 g/mol.